The summed E-state index contributed by atoms with van der Waals surface area (Å²) in [6, 6.07) is 18.2. The van der Waals surface area contributed by atoms with Crippen molar-refractivity contribution in [1.29, 1.82) is 0 Å². The third-order valence-corrected chi connectivity index (χ3v) is 5.27. The average Bonchev–Trinajstić information content (AvgIpc) is 3.28. The summed E-state index contributed by atoms with van der Waals surface area (Å²) in [5, 5.41) is 5.95. The van der Waals surface area contributed by atoms with E-state index in [9.17, 15) is 4.79 Å². The summed E-state index contributed by atoms with van der Waals surface area (Å²) in [6.45, 7) is 4.60. The largest absolute Gasteiger partial charge is 0.450 e. The molecule has 4 rings (SSSR count). The van der Waals surface area contributed by atoms with Crippen LogP contribution in [0.25, 0.3) is 22.1 Å². The lowest BCUT2D eigenvalue weighted by Crippen LogP contribution is -2.22. The minimum Gasteiger partial charge on any atom is -0.450 e. The number of furan rings is 1. The summed E-state index contributed by atoms with van der Waals surface area (Å²) in [5.74, 6) is 0.175. The highest BCUT2D eigenvalue weighted by Crippen LogP contribution is 2.35. The highest BCUT2D eigenvalue weighted by molar-refractivity contribution is 7.09. The first-order chi connectivity index (χ1) is 12.6. The van der Waals surface area contributed by atoms with Crippen LogP contribution in [0.5, 0.6) is 0 Å². The Balaban J connectivity index is 1.78. The number of thiophene rings is 1. The minimum atomic E-state index is -0.192. The van der Waals surface area contributed by atoms with Gasteiger partial charge in [-0.15, -0.1) is 11.3 Å². The van der Waals surface area contributed by atoms with Crippen LogP contribution in [-0.2, 0) is 6.54 Å². The quantitative estimate of drug-likeness (QED) is 0.506. The van der Waals surface area contributed by atoms with Crippen molar-refractivity contribution in [3.05, 3.63) is 81.7 Å². The molecule has 2 aromatic carbocycles. The van der Waals surface area contributed by atoms with Crippen molar-refractivity contribution >= 4 is 28.2 Å². The molecule has 0 saturated heterocycles. The molecule has 0 aliphatic rings. The number of carbonyl (C=O) groups is 1. The Labute approximate surface area is 156 Å². The van der Waals surface area contributed by atoms with Crippen LogP contribution in [0.4, 0.5) is 0 Å². The zero-order valence-electron chi connectivity index (χ0n) is 14.7. The topological polar surface area (TPSA) is 42.2 Å². The zero-order valence-corrected chi connectivity index (χ0v) is 15.5. The molecule has 0 radical (unpaired) electrons. The molecular formula is C22H19NO2S. The van der Waals surface area contributed by atoms with Crippen LogP contribution >= 0.6 is 11.3 Å². The maximum atomic E-state index is 12.9. The smallest absolute Gasteiger partial charge is 0.287 e. The molecule has 0 atom stereocenters. The van der Waals surface area contributed by atoms with Crippen molar-refractivity contribution in [2.45, 2.75) is 20.4 Å². The number of hydrogen-bond donors (Lipinski definition) is 1. The average molecular weight is 361 g/mol. The molecule has 1 N–H and O–H groups in total. The Morgan fingerprint density at radius 3 is 2.54 bits per heavy atom. The first-order valence-corrected chi connectivity index (χ1v) is 9.40. The third kappa shape index (κ3) is 3.16. The molecule has 26 heavy (non-hydrogen) atoms. The molecule has 0 fully saturated rings. The van der Waals surface area contributed by atoms with Gasteiger partial charge in [0, 0.05) is 15.8 Å². The second-order valence-corrected chi connectivity index (χ2v) is 7.47. The molecule has 2 heterocycles. The summed E-state index contributed by atoms with van der Waals surface area (Å²) in [6.07, 6.45) is 0. The summed E-state index contributed by atoms with van der Waals surface area (Å²) in [7, 11) is 0. The van der Waals surface area contributed by atoms with Crippen molar-refractivity contribution in [2.24, 2.45) is 0 Å². The van der Waals surface area contributed by atoms with Crippen LogP contribution in [0.3, 0.4) is 0 Å². The van der Waals surface area contributed by atoms with E-state index in [1.807, 2.05) is 48.7 Å². The summed E-state index contributed by atoms with van der Waals surface area (Å²) >= 11 is 1.62. The van der Waals surface area contributed by atoms with Gasteiger partial charge in [0.25, 0.3) is 5.91 Å². The fourth-order valence-electron chi connectivity index (χ4n) is 3.04. The van der Waals surface area contributed by atoms with E-state index < -0.39 is 0 Å². The van der Waals surface area contributed by atoms with Gasteiger partial charge in [0.15, 0.2) is 0 Å². The van der Waals surface area contributed by atoms with Crippen LogP contribution in [0.2, 0.25) is 0 Å². The second kappa shape index (κ2) is 6.81. The van der Waals surface area contributed by atoms with Crippen molar-refractivity contribution in [2.75, 3.05) is 0 Å². The normalized spacial score (nSPS) is 11.0. The van der Waals surface area contributed by atoms with E-state index in [0.717, 1.165) is 32.5 Å². The highest BCUT2D eigenvalue weighted by atomic mass is 32.1. The number of aryl methyl sites for hydroxylation is 2. The molecule has 4 aromatic rings. The molecule has 2 aromatic heterocycles. The molecule has 0 unspecified atom stereocenters. The third-order valence-electron chi connectivity index (χ3n) is 4.39. The fraction of sp³-hybridized carbons (Fsp3) is 0.136. The lowest BCUT2D eigenvalue weighted by Gasteiger charge is -2.06. The predicted octanol–water partition coefficient (Wildman–Crippen LogP) is 5.71. The second-order valence-electron chi connectivity index (χ2n) is 6.43. The SMILES string of the molecule is Cc1ccc(-c2c(C(=O)NCc3cccs3)oc3ccc(C)cc23)cc1. The predicted molar refractivity (Wildman–Crippen MR) is 107 cm³/mol. The lowest BCUT2D eigenvalue weighted by molar-refractivity contribution is 0.0926. The van der Waals surface area contributed by atoms with Gasteiger partial charge < -0.3 is 9.73 Å². The highest BCUT2D eigenvalue weighted by Gasteiger charge is 2.22. The Bertz CT molecular complexity index is 1060. The first-order valence-electron chi connectivity index (χ1n) is 8.52. The molecular weight excluding hydrogens is 342 g/mol. The molecule has 0 saturated carbocycles. The van der Waals surface area contributed by atoms with E-state index >= 15 is 0 Å². The first kappa shape index (κ1) is 16.6. The van der Waals surface area contributed by atoms with Gasteiger partial charge in [0.2, 0.25) is 5.76 Å². The van der Waals surface area contributed by atoms with E-state index in [4.69, 9.17) is 4.42 Å². The molecule has 3 nitrogen and oxygen atoms in total. The van der Waals surface area contributed by atoms with Gasteiger partial charge >= 0.3 is 0 Å². The van der Waals surface area contributed by atoms with Crippen molar-refractivity contribution in [3.63, 3.8) is 0 Å². The Hall–Kier alpha value is -2.85. The number of amides is 1. The fourth-order valence-corrected chi connectivity index (χ4v) is 3.68. The summed E-state index contributed by atoms with van der Waals surface area (Å²) in [5.41, 5.74) is 4.89. The van der Waals surface area contributed by atoms with Crippen molar-refractivity contribution < 1.29 is 9.21 Å². The maximum Gasteiger partial charge on any atom is 0.287 e. The van der Waals surface area contributed by atoms with Crippen LogP contribution in [0.1, 0.15) is 26.6 Å². The molecule has 130 valence electrons. The van der Waals surface area contributed by atoms with Gasteiger partial charge in [-0.2, -0.15) is 0 Å². The Morgan fingerprint density at radius 2 is 1.81 bits per heavy atom. The van der Waals surface area contributed by atoms with Crippen LogP contribution < -0.4 is 5.32 Å². The summed E-state index contributed by atoms with van der Waals surface area (Å²) in [4.78, 5) is 14.0. The Morgan fingerprint density at radius 1 is 1.04 bits per heavy atom. The van der Waals surface area contributed by atoms with Gasteiger partial charge in [-0.3, -0.25) is 4.79 Å². The number of hydrogen-bond acceptors (Lipinski definition) is 3. The van der Waals surface area contributed by atoms with E-state index in [2.05, 4.69) is 30.4 Å². The van der Waals surface area contributed by atoms with Crippen LogP contribution in [0, 0.1) is 13.8 Å². The van der Waals surface area contributed by atoms with Crippen molar-refractivity contribution in [1.82, 2.24) is 5.32 Å². The number of fused-ring (bicyclic) bond motifs is 1. The minimum absolute atomic E-state index is 0.192. The monoisotopic (exact) mass is 361 g/mol. The molecule has 0 bridgehead atoms. The van der Waals surface area contributed by atoms with Crippen LogP contribution in [-0.4, -0.2) is 5.91 Å². The van der Waals surface area contributed by atoms with E-state index in [-0.39, 0.29) is 5.91 Å². The number of benzene rings is 2. The van der Waals surface area contributed by atoms with E-state index in [0.29, 0.717) is 12.3 Å². The van der Waals surface area contributed by atoms with Gasteiger partial charge in [-0.05, 0) is 43.0 Å². The number of nitrogens with one attached hydrogen (secondary N) is 1. The van der Waals surface area contributed by atoms with Gasteiger partial charge in [0.05, 0.1) is 6.54 Å². The zero-order chi connectivity index (χ0) is 18.1. The molecule has 4 heteroatoms. The maximum absolute atomic E-state index is 12.9. The Kier molecular flexibility index (Phi) is 4.35. The van der Waals surface area contributed by atoms with Crippen LogP contribution in [0.15, 0.2) is 64.4 Å². The number of rotatable bonds is 4. The van der Waals surface area contributed by atoms with Gasteiger partial charge in [0.1, 0.15) is 5.58 Å². The van der Waals surface area contributed by atoms with E-state index in [1.165, 1.54) is 5.56 Å². The summed E-state index contributed by atoms with van der Waals surface area (Å²) < 4.78 is 5.96. The standard InChI is InChI=1S/C22H19NO2S/c1-14-5-8-16(9-6-14)20-18-12-15(2)7-10-19(18)25-21(20)22(24)23-13-17-4-3-11-26-17/h3-12H,13H2,1-2H3,(H,23,24). The van der Waals surface area contributed by atoms with Gasteiger partial charge in [-0.1, -0.05) is 47.5 Å². The molecule has 1 amide bonds. The number of carbonyl (C=O) groups excluding carboxylic acids is 1. The molecule has 0 aliphatic carbocycles. The lowest BCUT2D eigenvalue weighted by atomic mass is 9.99. The molecule has 0 spiro atoms. The van der Waals surface area contributed by atoms with E-state index in [1.54, 1.807) is 11.3 Å². The van der Waals surface area contributed by atoms with Gasteiger partial charge in [-0.25, -0.2) is 0 Å². The molecule has 0 aliphatic heterocycles. The van der Waals surface area contributed by atoms with Crippen molar-refractivity contribution in [3.8, 4) is 11.1 Å².